The Hall–Kier alpha value is -0.460. The Morgan fingerprint density at radius 2 is 1.82 bits per heavy atom. The third kappa shape index (κ3) is 6.75. The molecule has 1 heterocycles. The lowest BCUT2D eigenvalue weighted by molar-refractivity contribution is 0.0344. The van der Waals surface area contributed by atoms with Gasteiger partial charge in [0.25, 0.3) is 0 Å². The van der Waals surface area contributed by atoms with Crippen molar-refractivity contribution in [2.75, 3.05) is 33.5 Å². The monoisotopic (exact) mass is 259 g/mol. The summed E-state index contributed by atoms with van der Waals surface area (Å²) >= 11 is 1.70. The van der Waals surface area contributed by atoms with Crippen molar-refractivity contribution in [2.24, 2.45) is 5.73 Å². The molecule has 1 rings (SSSR count). The molecule has 0 radical (unpaired) electrons. The van der Waals surface area contributed by atoms with Crippen molar-refractivity contribution in [2.45, 2.75) is 19.6 Å². The fourth-order valence-corrected chi connectivity index (χ4v) is 2.14. The number of hydrogen-bond acceptors (Lipinski definition) is 5. The topological polar surface area (TPSA) is 53.7 Å². The minimum atomic E-state index is 0.604. The fourth-order valence-electron chi connectivity index (χ4n) is 1.31. The summed E-state index contributed by atoms with van der Waals surface area (Å²) in [6.45, 7) is 3.99. The van der Waals surface area contributed by atoms with Crippen LogP contribution in [0.4, 0.5) is 0 Å². The van der Waals surface area contributed by atoms with Gasteiger partial charge >= 0.3 is 0 Å². The standard InChI is InChI=1S/C12H21NO3S/c1-14-5-2-6-15-7-8-16-10-12-4-3-11(9-13)17-12/h3-4H,2,5-10,13H2,1H3. The zero-order chi connectivity index (χ0) is 12.3. The van der Waals surface area contributed by atoms with E-state index >= 15 is 0 Å². The SMILES string of the molecule is COCCCOCCOCc1ccc(CN)s1. The van der Waals surface area contributed by atoms with Gasteiger partial charge in [-0.05, 0) is 18.6 Å². The molecule has 98 valence electrons. The van der Waals surface area contributed by atoms with Crippen molar-refractivity contribution >= 4 is 11.3 Å². The van der Waals surface area contributed by atoms with E-state index in [1.54, 1.807) is 18.4 Å². The molecule has 0 atom stereocenters. The van der Waals surface area contributed by atoms with E-state index in [-0.39, 0.29) is 0 Å². The Morgan fingerprint density at radius 1 is 1.06 bits per heavy atom. The normalized spacial score (nSPS) is 10.9. The molecule has 0 aromatic carbocycles. The van der Waals surface area contributed by atoms with Gasteiger partial charge in [0, 0.05) is 36.6 Å². The Bertz CT molecular complexity index is 291. The zero-order valence-electron chi connectivity index (χ0n) is 10.3. The Balaban J connectivity index is 1.93. The molecule has 0 aliphatic heterocycles. The molecule has 2 N–H and O–H groups in total. The van der Waals surface area contributed by atoms with Crippen LogP contribution in [0.1, 0.15) is 16.2 Å². The Kier molecular flexibility index (Phi) is 8.21. The number of hydrogen-bond donors (Lipinski definition) is 1. The third-order valence-corrected chi connectivity index (χ3v) is 3.25. The van der Waals surface area contributed by atoms with Crippen LogP contribution in [-0.4, -0.2) is 33.5 Å². The second-order valence-corrected chi connectivity index (χ2v) is 4.84. The highest BCUT2D eigenvalue weighted by Crippen LogP contribution is 2.16. The van der Waals surface area contributed by atoms with Gasteiger partial charge in [-0.25, -0.2) is 0 Å². The van der Waals surface area contributed by atoms with Crippen LogP contribution in [0.25, 0.3) is 0 Å². The van der Waals surface area contributed by atoms with Crippen molar-refractivity contribution in [3.8, 4) is 0 Å². The van der Waals surface area contributed by atoms with Crippen molar-refractivity contribution < 1.29 is 14.2 Å². The highest BCUT2D eigenvalue weighted by molar-refractivity contribution is 7.11. The van der Waals surface area contributed by atoms with E-state index in [0.717, 1.165) is 19.6 Å². The molecule has 5 heteroatoms. The fraction of sp³-hybridized carbons (Fsp3) is 0.667. The minimum Gasteiger partial charge on any atom is -0.385 e. The minimum absolute atomic E-state index is 0.604. The molecule has 0 bridgehead atoms. The lowest BCUT2D eigenvalue weighted by atomic mass is 10.4. The number of nitrogens with two attached hydrogens (primary N) is 1. The summed E-state index contributed by atoms with van der Waals surface area (Å²) in [5.74, 6) is 0. The van der Waals surface area contributed by atoms with Crippen molar-refractivity contribution in [3.05, 3.63) is 21.9 Å². The first-order valence-corrected chi connectivity index (χ1v) is 6.60. The Morgan fingerprint density at radius 3 is 2.53 bits per heavy atom. The maximum Gasteiger partial charge on any atom is 0.0810 e. The van der Waals surface area contributed by atoms with Gasteiger partial charge in [-0.1, -0.05) is 0 Å². The van der Waals surface area contributed by atoms with Crippen LogP contribution in [0.2, 0.25) is 0 Å². The molecule has 0 saturated heterocycles. The van der Waals surface area contributed by atoms with Gasteiger partial charge in [0.15, 0.2) is 0 Å². The van der Waals surface area contributed by atoms with Gasteiger partial charge in [0.2, 0.25) is 0 Å². The van der Waals surface area contributed by atoms with Crippen LogP contribution in [-0.2, 0) is 27.4 Å². The molecule has 1 aromatic rings. The molecule has 0 saturated carbocycles. The van der Waals surface area contributed by atoms with Crippen LogP contribution < -0.4 is 5.73 Å². The summed E-state index contributed by atoms with van der Waals surface area (Å²) in [4.78, 5) is 2.41. The molecule has 0 fully saturated rings. The van der Waals surface area contributed by atoms with E-state index in [1.807, 2.05) is 6.07 Å². The summed E-state index contributed by atoms with van der Waals surface area (Å²) in [7, 11) is 1.69. The molecule has 0 amide bonds. The van der Waals surface area contributed by atoms with E-state index in [0.29, 0.717) is 26.4 Å². The van der Waals surface area contributed by atoms with E-state index in [2.05, 4.69) is 6.07 Å². The molecule has 17 heavy (non-hydrogen) atoms. The lowest BCUT2D eigenvalue weighted by Gasteiger charge is -2.04. The first-order chi connectivity index (χ1) is 8.36. The van der Waals surface area contributed by atoms with Crippen LogP contribution in [0, 0.1) is 0 Å². The summed E-state index contributed by atoms with van der Waals surface area (Å²) in [5, 5.41) is 0. The molecule has 0 aliphatic rings. The molecular formula is C12H21NO3S. The molecule has 0 unspecified atom stereocenters. The highest BCUT2D eigenvalue weighted by atomic mass is 32.1. The summed E-state index contributed by atoms with van der Waals surface area (Å²) < 4.78 is 15.8. The van der Waals surface area contributed by atoms with Crippen molar-refractivity contribution in [3.63, 3.8) is 0 Å². The quantitative estimate of drug-likeness (QED) is 0.651. The lowest BCUT2D eigenvalue weighted by Crippen LogP contribution is -2.06. The van der Waals surface area contributed by atoms with Gasteiger partial charge in [-0.3, -0.25) is 0 Å². The molecule has 0 aliphatic carbocycles. The predicted octanol–water partition coefficient (Wildman–Crippen LogP) is 1.78. The smallest absolute Gasteiger partial charge is 0.0810 e. The van der Waals surface area contributed by atoms with Crippen LogP contribution in [0.15, 0.2) is 12.1 Å². The van der Waals surface area contributed by atoms with Crippen molar-refractivity contribution in [1.29, 1.82) is 0 Å². The average Bonchev–Trinajstić information content (AvgIpc) is 2.80. The average molecular weight is 259 g/mol. The van der Waals surface area contributed by atoms with Gasteiger partial charge in [-0.15, -0.1) is 11.3 Å². The summed E-state index contributed by atoms with van der Waals surface area (Å²) in [5.41, 5.74) is 5.54. The second kappa shape index (κ2) is 9.56. The molecular weight excluding hydrogens is 238 g/mol. The first-order valence-electron chi connectivity index (χ1n) is 5.79. The molecule has 1 aromatic heterocycles. The van der Waals surface area contributed by atoms with E-state index in [4.69, 9.17) is 19.9 Å². The van der Waals surface area contributed by atoms with Gasteiger partial charge < -0.3 is 19.9 Å². The van der Waals surface area contributed by atoms with E-state index in [9.17, 15) is 0 Å². The maximum absolute atomic E-state index is 5.54. The first kappa shape index (κ1) is 14.6. The molecule has 0 spiro atoms. The number of methoxy groups -OCH3 is 1. The Labute approximate surface area is 107 Å². The zero-order valence-corrected chi connectivity index (χ0v) is 11.1. The number of thiophene rings is 1. The largest absolute Gasteiger partial charge is 0.385 e. The molecule has 4 nitrogen and oxygen atoms in total. The third-order valence-electron chi connectivity index (χ3n) is 2.17. The van der Waals surface area contributed by atoms with Gasteiger partial charge in [0.05, 0.1) is 19.8 Å². The maximum atomic E-state index is 5.54. The number of ether oxygens (including phenoxy) is 3. The van der Waals surface area contributed by atoms with E-state index < -0.39 is 0 Å². The number of rotatable bonds is 10. The summed E-state index contributed by atoms with van der Waals surface area (Å²) in [6.07, 6.45) is 0.932. The van der Waals surface area contributed by atoms with E-state index in [1.165, 1.54) is 9.75 Å². The predicted molar refractivity (Wildman–Crippen MR) is 69.2 cm³/mol. The van der Waals surface area contributed by atoms with Gasteiger partial charge in [-0.2, -0.15) is 0 Å². The second-order valence-electron chi connectivity index (χ2n) is 3.58. The van der Waals surface area contributed by atoms with Gasteiger partial charge in [0.1, 0.15) is 0 Å². The van der Waals surface area contributed by atoms with Crippen LogP contribution >= 0.6 is 11.3 Å². The summed E-state index contributed by atoms with van der Waals surface area (Å²) in [6, 6.07) is 4.11. The van der Waals surface area contributed by atoms with Crippen LogP contribution in [0.3, 0.4) is 0 Å². The van der Waals surface area contributed by atoms with Crippen molar-refractivity contribution in [1.82, 2.24) is 0 Å². The van der Waals surface area contributed by atoms with Crippen LogP contribution in [0.5, 0.6) is 0 Å². The highest BCUT2D eigenvalue weighted by Gasteiger charge is 1.98.